The highest BCUT2D eigenvalue weighted by molar-refractivity contribution is 5.39. The lowest BCUT2D eigenvalue weighted by Crippen LogP contribution is -2.18. The Morgan fingerprint density at radius 2 is 1.91 bits per heavy atom. The highest BCUT2D eigenvalue weighted by atomic mass is 16.5. The minimum absolute atomic E-state index is 0.108. The predicted octanol–water partition coefficient (Wildman–Crippen LogP) is 3.79. The maximum atomic E-state index is 5.67. The van der Waals surface area contributed by atoms with Crippen molar-refractivity contribution in [3.8, 4) is 5.88 Å². The Morgan fingerprint density at radius 1 is 1.18 bits per heavy atom. The standard InChI is InChI=1S/C17H31N3O2/c1-7-10-22-15-12-14(18-9-8-11-21-13(2)3)19-16(20-15)17(4,5)6/h12-13H,7-11H2,1-6H3,(H,18,19,20). The van der Waals surface area contributed by atoms with E-state index < -0.39 is 0 Å². The van der Waals surface area contributed by atoms with Crippen LogP contribution in [-0.2, 0) is 10.2 Å². The summed E-state index contributed by atoms with van der Waals surface area (Å²) < 4.78 is 11.2. The molecule has 0 spiro atoms. The Balaban J connectivity index is 2.67. The summed E-state index contributed by atoms with van der Waals surface area (Å²) in [4.78, 5) is 9.11. The van der Waals surface area contributed by atoms with Gasteiger partial charge in [-0.3, -0.25) is 0 Å². The molecule has 1 N–H and O–H groups in total. The van der Waals surface area contributed by atoms with Crippen molar-refractivity contribution < 1.29 is 9.47 Å². The summed E-state index contributed by atoms with van der Waals surface area (Å²) in [5, 5.41) is 3.34. The van der Waals surface area contributed by atoms with Crippen molar-refractivity contribution in [2.45, 2.75) is 65.9 Å². The number of ether oxygens (including phenoxy) is 2. The summed E-state index contributed by atoms with van der Waals surface area (Å²) >= 11 is 0. The Labute approximate surface area is 134 Å². The van der Waals surface area contributed by atoms with Gasteiger partial charge in [-0.05, 0) is 26.7 Å². The smallest absolute Gasteiger partial charge is 0.218 e. The number of rotatable bonds is 9. The highest BCUT2D eigenvalue weighted by Gasteiger charge is 2.19. The molecule has 126 valence electrons. The molecule has 1 aromatic heterocycles. The molecule has 0 aliphatic rings. The van der Waals surface area contributed by atoms with Gasteiger partial charge in [0.1, 0.15) is 11.6 Å². The van der Waals surface area contributed by atoms with Crippen LogP contribution in [0.25, 0.3) is 0 Å². The summed E-state index contributed by atoms with van der Waals surface area (Å²) in [6.07, 6.45) is 2.18. The van der Waals surface area contributed by atoms with E-state index in [1.807, 2.05) is 19.9 Å². The van der Waals surface area contributed by atoms with Crippen molar-refractivity contribution in [1.82, 2.24) is 9.97 Å². The molecule has 0 bridgehead atoms. The molecule has 5 heteroatoms. The predicted molar refractivity (Wildman–Crippen MR) is 90.7 cm³/mol. The van der Waals surface area contributed by atoms with Gasteiger partial charge in [0, 0.05) is 24.6 Å². The minimum Gasteiger partial charge on any atom is -0.478 e. The molecule has 5 nitrogen and oxygen atoms in total. The van der Waals surface area contributed by atoms with Gasteiger partial charge in [0.05, 0.1) is 12.7 Å². The molecule has 0 atom stereocenters. The number of aromatic nitrogens is 2. The third kappa shape index (κ3) is 7.07. The minimum atomic E-state index is -0.108. The monoisotopic (exact) mass is 309 g/mol. The van der Waals surface area contributed by atoms with E-state index in [0.717, 1.165) is 37.6 Å². The first-order valence-corrected chi connectivity index (χ1v) is 8.20. The number of nitrogens with zero attached hydrogens (tertiary/aromatic N) is 2. The fourth-order valence-corrected chi connectivity index (χ4v) is 1.74. The van der Waals surface area contributed by atoms with Gasteiger partial charge in [-0.15, -0.1) is 0 Å². The molecule has 0 aliphatic heterocycles. The Kier molecular flexibility index (Phi) is 7.59. The van der Waals surface area contributed by atoms with Crippen LogP contribution >= 0.6 is 0 Å². The van der Waals surface area contributed by atoms with E-state index in [4.69, 9.17) is 9.47 Å². The molecule has 0 unspecified atom stereocenters. The fraction of sp³-hybridized carbons (Fsp3) is 0.765. The van der Waals surface area contributed by atoms with Gasteiger partial charge in [-0.2, -0.15) is 4.98 Å². The number of anilines is 1. The SMILES string of the molecule is CCCOc1cc(NCCCOC(C)C)nc(C(C)(C)C)n1. The molecular weight excluding hydrogens is 278 g/mol. The molecule has 0 radical (unpaired) electrons. The van der Waals surface area contributed by atoms with Crippen LogP contribution < -0.4 is 10.1 Å². The van der Waals surface area contributed by atoms with Gasteiger partial charge in [-0.25, -0.2) is 4.98 Å². The van der Waals surface area contributed by atoms with Gasteiger partial charge >= 0.3 is 0 Å². The molecule has 1 rings (SSSR count). The van der Waals surface area contributed by atoms with Crippen molar-refractivity contribution in [2.75, 3.05) is 25.1 Å². The van der Waals surface area contributed by atoms with Crippen molar-refractivity contribution in [3.63, 3.8) is 0 Å². The van der Waals surface area contributed by atoms with Crippen LogP contribution in [0, 0.1) is 0 Å². The average molecular weight is 309 g/mol. The van der Waals surface area contributed by atoms with E-state index in [1.165, 1.54) is 0 Å². The third-order valence-corrected chi connectivity index (χ3v) is 2.91. The van der Waals surface area contributed by atoms with Crippen molar-refractivity contribution >= 4 is 5.82 Å². The molecule has 0 saturated heterocycles. The zero-order valence-electron chi connectivity index (χ0n) is 14.9. The maximum Gasteiger partial charge on any atom is 0.218 e. The van der Waals surface area contributed by atoms with Crippen LogP contribution in [0.5, 0.6) is 5.88 Å². The van der Waals surface area contributed by atoms with Crippen molar-refractivity contribution in [2.24, 2.45) is 0 Å². The van der Waals surface area contributed by atoms with Gasteiger partial charge < -0.3 is 14.8 Å². The quantitative estimate of drug-likeness (QED) is 0.703. The van der Waals surface area contributed by atoms with Crippen LogP contribution in [0.1, 0.15) is 60.2 Å². The lowest BCUT2D eigenvalue weighted by molar-refractivity contribution is 0.0787. The molecule has 0 aromatic carbocycles. The molecule has 0 aliphatic carbocycles. The first kappa shape index (κ1) is 18.7. The van der Waals surface area contributed by atoms with Crippen LogP contribution in [0.2, 0.25) is 0 Å². The molecule has 0 amide bonds. The number of nitrogens with one attached hydrogen (secondary N) is 1. The fourth-order valence-electron chi connectivity index (χ4n) is 1.74. The molecule has 22 heavy (non-hydrogen) atoms. The van der Waals surface area contributed by atoms with E-state index in [2.05, 4.69) is 43.0 Å². The molecule has 0 saturated carbocycles. The molecule has 0 fully saturated rings. The summed E-state index contributed by atoms with van der Waals surface area (Å²) in [5.41, 5.74) is -0.108. The Morgan fingerprint density at radius 3 is 2.50 bits per heavy atom. The topological polar surface area (TPSA) is 56.3 Å². The zero-order chi connectivity index (χ0) is 16.6. The second kappa shape index (κ2) is 8.93. The largest absolute Gasteiger partial charge is 0.478 e. The highest BCUT2D eigenvalue weighted by Crippen LogP contribution is 2.23. The van der Waals surface area contributed by atoms with Gasteiger partial charge in [-0.1, -0.05) is 27.7 Å². The molecular formula is C17H31N3O2. The lowest BCUT2D eigenvalue weighted by atomic mass is 9.96. The second-order valence-corrected chi connectivity index (χ2v) is 6.71. The Hall–Kier alpha value is -1.36. The van der Waals surface area contributed by atoms with Gasteiger partial charge in [0.2, 0.25) is 5.88 Å². The van der Waals surface area contributed by atoms with Crippen LogP contribution in [-0.4, -0.2) is 35.8 Å². The van der Waals surface area contributed by atoms with E-state index >= 15 is 0 Å². The first-order chi connectivity index (χ1) is 10.3. The zero-order valence-corrected chi connectivity index (χ0v) is 14.9. The van der Waals surface area contributed by atoms with E-state index in [-0.39, 0.29) is 11.5 Å². The van der Waals surface area contributed by atoms with Gasteiger partial charge in [0.15, 0.2) is 0 Å². The third-order valence-electron chi connectivity index (χ3n) is 2.91. The molecule has 1 heterocycles. The van der Waals surface area contributed by atoms with Crippen LogP contribution in [0.4, 0.5) is 5.82 Å². The average Bonchev–Trinajstić information content (AvgIpc) is 2.43. The lowest BCUT2D eigenvalue weighted by Gasteiger charge is -2.19. The summed E-state index contributed by atoms with van der Waals surface area (Å²) in [7, 11) is 0. The Bertz CT molecular complexity index is 442. The summed E-state index contributed by atoms with van der Waals surface area (Å²) in [6, 6.07) is 1.87. The number of hydrogen-bond donors (Lipinski definition) is 1. The molecule has 1 aromatic rings. The van der Waals surface area contributed by atoms with E-state index in [1.54, 1.807) is 0 Å². The normalized spacial score (nSPS) is 11.8. The van der Waals surface area contributed by atoms with E-state index in [0.29, 0.717) is 12.5 Å². The number of hydrogen-bond acceptors (Lipinski definition) is 5. The first-order valence-electron chi connectivity index (χ1n) is 8.20. The summed E-state index contributed by atoms with van der Waals surface area (Å²) in [6.45, 7) is 14.7. The van der Waals surface area contributed by atoms with Gasteiger partial charge in [0.25, 0.3) is 0 Å². The maximum absolute atomic E-state index is 5.67. The summed E-state index contributed by atoms with van der Waals surface area (Å²) in [5.74, 6) is 2.25. The van der Waals surface area contributed by atoms with E-state index in [9.17, 15) is 0 Å². The van der Waals surface area contributed by atoms with Crippen LogP contribution in [0.3, 0.4) is 0 Å². The van der Waals surface area contributed by atoms with Crippen LogP contribution in [0.15, 0.2) is 6.07 Å². The van der Waals surface area contributed by atoms with Crippen molar-refractivity contribution in [1.29, 1.82) is 0 Å². The van der Waals surface area contributed by atoms with Crippen molar-refractivity contribution in [3.05, 3.63) is 11.9 Å². The second-order valence-electron chi connectivity index (χ2n) is 6.71.